The first-order valence-corrected chi connectivity index (χ1v) is 12.9. The number of rotatable bonds is 6. The van der Waals surface area contributed by atoms with Crippen LogP contribution in [0.15, 0.2) is 41.1 Å². The Balaban J connectivity index is 1.30. The van der Waals surface area contributed by atoms with Crippen LogP contribution in [0.2, 0.25) is 0 Å². The summed E-state index contributed by atoms with van der Waals surface area (Å²) in [4.78, 5) is 28.7. The van der Waals surface area contributed by atoms with Crippen LogP contribution in [0.5, 0.6) is 0 Å². The Labute approximate surface area is 213 Å². The number of oxazole rings is 1. The molecule has 2 bridgehead atoms. The molecule has 1 aromatic carbocycles. The molecule has 2 aliphatic heterocycles. The van der Waals surface area contributed by atoms with Crippen LogP contribution in [-0.2, 0) is 14.9 Å². The minimum atomic E-state index is -0.685. The van der Waals surface area contributed by atoms with Crippen molar-refractivity contribution in [2.75, 3.05) is 42.9 Å². The lowest BCUT2D eigenvalue weighted by atomic mass is 9.98. The standard InChI is InChI=1S/C27H29N7O3/c1-2-30-24-19-11-31-23(27(5-6-27)26(28)35)8-18(19)20(12-32-24)25-33-21-7-15(3-4-22(21)37-25)34-13-16-9-29-10-17(14-34)36-16/h3-4,7-8,11-12,16-17,29H,2,5-6,9-10,13-14H2,1H3,(H2,28,35)(H,30,32). The topological polar surface area (TPSA) is 131 Å². The zero-order valence-electron chi connectivity index (χ0n) is 20.7. The van der Waals surface area contributed by atoms with Gasteiger partial charge in [0.2, 0.25) is 11.8 Å². The molecule has 1 amide bonds. The lowest BCUT2D eigenvalue weighted by molar-refractivity contribution is -0.120. The zero-order chi connectivity index (χ0) is 25.1. The van der Waals surface area contributed by atoms with Crippen LogP contribution >= 0.6 is 0 Å². The van der Waals surface area contributed by atoms with Gasteiger partial charge in [0, 0.05) is 61.6 Å². The fraction of sp³-hybridized carbons (Fsp3) is 0.407. The molecule has 2 unspecified atom stereocenters. The number of nitrogens with zero attached hydrogens (tertiary/aromatic N) is 4. The highest BCUT2D eigenvalue weighted by Crippen LogP contribution is 2.48. The van der Waals surface area contributed by atoms with Crippen LogP contribution in [0.1, 0.15) is 25.5 Å². The Morgan fingerprint density at radius 1 is 1.16 bits per heavy atom. The van der Waals surface area contributed by atoms with Gasteiger partial charge < -0.3 is 30.4 Å². The van der Waals surface area contributed by atoms with Crippen molar-refractivity contribution in [3.63, 3.8) is 0 Å². The molecule has 1 aliphatic carbocycles. The number of amides is 1. The molecule has 4 N–H and O–H groups in total. The zero-order valence-corrected chi connectivity index (χ0v) is 20.7. The van der Waals surface area contributed by atoms with E-state index < -0.39 is 5.41 Å². The highest BCUT2D eigenvalue weighted by molar-refractivity contribution is 6.02. The lowest BCUT2D eigenvalue weighted by Gasteiger charge is -2.42. The number of anilines is 2. The SMILES string of the molecule is CCNc1ncc(-c2nc3cc(N4CC5CNCC(C4)O5)ccc3o2)c2cc(C3(C(N)=O)CC3)ncc12. The fourth-order valence-electron chi connectivity index (χ4n) is 5.62. The van der Waals surface area contributed by atoms with Gasteiger partial charge in [0.25, 0.3) is 0 Å². The first kappa shape index (κ1) is 22.4. The molecule has 3 aromatic heterocycles. The molecule has 0 spiro atoms. The Bertz CT molecular complexity index is 1520. The Morgan fingerprint density at radius 2 is 1.97 bits per heavy atom. The molecule has 37 heavy (non-hydrogen) atoms. The third-order valence-corrected chi connectivity index (χ3v) is 7.77. The number of fused-ring (bicyclic) bond motifs is 4. The third kappa shape index (κ3) is 3.70. The van der Waals surface area contributed by atoms with E-state index in [9.17, 15) is 4.79 Å². The molecule has 2 saturated heterocycles. The summed E-state index contributed by atoms with van der Waals surface area (Å²) in [5.74, 6) is 0.881. The normalized spacial score (nSPS) is 22.4. The van der Waals surface area contributed by atoms with Gasteiger partial charge in [-0.15, -0.1) is 0 Å². The van der Waals surface area contributed by atoms with Crippen molar-refractivity contribution >= 4 is 39.3 Å². The first-order chi connectivity index (χ1) is 18.0. The Kier molecular flexibility index (Phi) is 5.09. The highest BCUT2D eigenvalue weighted by Gasteiger charge is 2.51. The number of aromatic nitrogens is 3. The maximum absolute atomic E-state index is 12.2. The Hall–Kier alpha value is -3.76. The van der Waals surface area contributed by atoms with E-state index in [1.165, 1.54) is 0 Å². The first-order valence-electron chi connectivity index (χ1n) is 12.9. The molecule has 1 saturated carbocycles. The minimum Gasteiger partial charge on any atom is -0.436 e. The number of ether oxygens (including phenoxy) is 1. The smallest absolute Gasteiger partial charge is 0.229 e. The van der Waals surface area contributed by atoms with Crippen LogP contribution < -0.4 is 21.3 Å². The molecule has 10 heteroatoms. The predicted octanol–water partition coefficient (Wildman–Crippen LogP) is 2.56. The number of carbonyl (C=O) groups excluding carboxylic acids is 1. The largest absolute Gasteiger partial charge is 0.436 e. The fourth-order valence-corrected chi connectivity index (χ4v) is 5.62. The predicted molar refractivity (Wildman–Crippen MR) is 141 cm³/mol. The van der Waals surface area contributed by atoms with Crippen LogP contribution in [0, 0.1) is 0 Å². The van der Waals surface area contributed by atoms with Crippen molar-refractivity contribution in [2.45, 2.75) is 37.4 Å². The Morgan fingerprint density at radius 3 is 2.70 bits per heavy atom. The summed E-state index contributed by atoms with van der Waals surface area (Å²) in [6, 6.07) is 8.10. The van der Waals surface area contributed by atoms with E-state index in [1.54, 1.807) is 12.4 Å². The second-order valence-electron chi connectivity index (χ2n) is 10.2. The third-order valence-electron chi connectivity index (χ3n) is 7.77. The van der Waals surface area contributed by atoms with E-state index in [0.717, 1.165) is 66.1 Å². The molecule has 3 aliphatic rings. The quantitative estimate of drug-likeness (QED) is 0.366. The average molecular weight is 500 g/mol. The van der Waals surface area contributed by atoms with Crippen molar-refractivity contribution in [1.82, 2.24) is 20.3 Å². The summed E-state index contributed by atoms with van der Waals surface area (Å²) >= 11 is 0. The molecule has 2 atom stereocenters. The number of nitrogens with two attached hydrogens (primary N) is 1. The summed E-state index contributed by atoms with van der Waals surface area (Å²) < 4.78 is 12.3. The van der Waals surface area contributed by atoms with Crippen molar-refractivity contribution in [3.8, 4) is 11.5 Å². The van der Waals surface area contributed by atoms with Gasteiger partial charge in [-0.2, -0.15) is 0 Å². The van der Waals surface area contributed by atoms with Crippen molar-refractivity contribution in [2.24, 2.45) is 5.73 Å². The van der Waals surface area contributed by atoms with E-state index in [-0.39, 0.29) is 18.1 Å². The molecule has 4 aromatic rings. The van der Waals surface area contributed by atoms with Crippen LogP contribution in [0.3, 0.4) is 0 Å². The molecular weight excluding hydrogens is 470 g/mol. The van der Waals surface area contributed by atoms with E-state index in [0.29, 0.717) is 30.0 Å². The van der Waals surface area contributed by atoms with E-state index in [4.69, 9.17) is 19.9 Å². The number of primary amides is 1. The molecule has 5 heterocycles. The number of morpholine rings is 2. The number of hydrogen-bond donors (Lipinski definition) is 3. The average Bonchev–Trinajstić information content (AvgIpc) is 3.62. The van der Waals surface area contributed by atoms with Gasteiger partial charge in [-0.3, -0.25) is 9.78 Å². The monoisotopic (exact) mass is 499 g/mol. The van der Waals surface area contributed by atoms with Crippen LogP contribution in [0.25, 0.3) is 33.3 Å². The molecule has 0 radical (unpaired) electrons. The van der Waals surface area contributed by atoms with Gasteiger partial charge >= 0.3 is 0 Å². The van der Waals surface area contributed by atoms with Gasteiger partial charge in [-0.25, -0.2) is 9.97 Å². The van der Waals surface area contributed by atoms with E-state index in [2.05, 4.69) is 37.6 Å². The second-order valence-corrected chi connectivity index (χ2v) is 10.2. The van der Waals surface area contributed by atoms with Gasteiger partial charge in [-0.1, -0.05) is 0 Å². The number of benzene rings is 1. The van der Waals surface area contributed by atoms with Crippen molar-refractivity contribution in [3.05, 3.63) is 42.4 Å². The summed E-state index contributed by atoms with van der Waals surface area (Å²) in [5.41, 5.74) is 9.11. The number of pyridine rings is 2. The van der Waals surface area contributed by atoms with E-state index in [1.807, 2.05) is 19.1 Å². The maximum atomic E-state index is 12.2. The molecule has 190 valence electrons. The second kappa shape index (κ2) is 8.39. The summed E-state index contributed by atoms with van der Waals surface area (Å²) in [6.45, 7) is 6.18. The van der Waals surface area contributed by atoms with Crippen LogP contribution in [-0.4, -0.2) is 65.8 Å². The molecule has 10 nitrogen and oxygen atoms in total. The maximum Gasteiger partial charge on any atom is 0.229 e. The van der Waals surface area contributed by atoms with Gasteiger partial charge in [0.1, 0.15) is 11.3 Å². The van der Waals surface area contributed by atoms with E-state index >= 15 is 0 Å². The van der Waals surface area contributed by atoms with Gasteiger partial charge in [0.15, 0.2) is 5.58 Å². The minimum absolute atomic E-state index is 0.196. The summed E-state index contributed by atoms with van der Waals surface area (Å²) in [5, 5.41) is 8.46. The van der Waals surface area contributed by atoms with Crippen molar-refractivity contribution in [1.29, 1.82) is 0 Å². The summed E-state index contributed by atoms with van der Waals surface area (Å²) in [7, 11) is 0. The van der Waals surface area contributed by atoms with Gasteiger partial charge in [-0.05, 0) is 44.0 Å². The van der Waals surface area contributed by atoms with Gasteiger partial charge in [0.05, 0.1) is 28.9 Å². The molecule has 3 fully saturated rings. The van der Waals surface area contributed by atoms with Crippen molar-refractivity contribution < 1.29 is 13.9 Å². The molecule has 7 rings (SSSR count). The number of hydrogen-bond acceptors (Lipinski definition) is 9. The molecular formula is C27H29N7O3. The van der Waals surface area contributed by atoms with Crippen LogP contribution in [0.4, 0.5) is 11.5 Å². The number of nitrogens with one attached hydrogen (secondary N) is 2. The lowest BCUT2D eigenvalue weighted by Crippen LogP contribution is -2.58. The number of carbonyl (C=O) groups is 1. The highest BCUT2D eigenvalue weighted by atomic mass is 16.5. The summed E-state index contributed by atoms with van der Waals surface area (Å²) in [6.07, 6.45) is 5.37.